The molecule has 0 unspecified atom stereocenters. The van der Waals surface area contributed by atoms with Crippen LogP contribution in [0.4, 0.5) is 10.6 Å². The molecule has 5 heteroatoms. The molecule has 2 atom stereocenters. The smallest absolute Gasteiger partial charge is 0.410 e. The van der Waals surface area contributed by atoms with Crippen LogP contribution in [0.2, 0.25) is 0 Å². The molecule has 2 heterocycles. The predicted molar refractivity (Wildman–Crippen MR) is 92.5 cm³/mol. The first kappa shape index (κ1) is 17.6. The SMILES string of the molecule is CC[C@@H](C)Nc1ccc([C@H]2CCCN2C(=O)OC(C)(C)C)cn1. The van der Waals surface area contributed by atoms with E-state index in [0.29, 0.717) is 6.04 Å². The number of pyridine rings is 1. The number of anilines is 1. The maximum Gasteiger partial charge on any atom is 0.410 e. The maximum atomic E-state index is 12.4. The minimum absolute atomic E-state index is 0.0648. The summed E-state index contributed by atoms with van der Waals surface area (Å²) in [7, 11) is 0. The molecule has 2 rings (SSSR count). The zero-order chi connectivity index (χ0) is 17.0. The molecule has 0 spiro atoms. The number of amides is 1. The van der Waals surface area contributed by atoms with Crippen molar-refractivity contribution in [1.29, 1.82) is 0 Å². The van der Waals surface area contributed by atoms with E-state index in [0.717, 1.165) is 37.2 Å². The average Bonchev–Trinajstić information content (AvgIpc) is 2.95. The number of carbonyl (C=O) groups is 1. The fourth-order valence-electron chi connectivity index (χ4n) is 2.69. The highest BCUT2D eigenvalue weighted by Gasteiger charge is 2.33. The molecule has 0 bridgehead atoms. The van der Waals surface area contributed by atoms with Crippen molar-refractivity contribution in [3.63, 3.8) is 0 Å². The summed E-state index contributed by atoms with van der Waals surface area (Å²) in [6, 6.07) is 4.52. The fourth-order valence-corrected chi connectivity index (χ4v) is 2.69. The van der Waals surface area contributed by atoms with Gasteiger partial charge in [0.15, 0.2) is 0 Å². The Kier molecular flexibility index (Phi) is 5.50. The number of ether oxygens (including phenoxy) is 1. The van der Waals surface area contributed by atoms with Crippen LogP contribution in [0.25, 0.3) is 0 Å². The summed E-state index contributed by atoms with van der Waals surface area (Å²) >= 11 is 0. The molecule has 0 saturated carbocycles. The molecule has 23 heavy (non-hydrogen) atoms. The van der Waals surface area contributed by atoms with Crippen LogP contribution in [0.1, 0.15) is 65.5 Å². The van der Waals surface area contributed by atoms with Crippen LogP contribution < -0.4 is 5.32 Å². The van der Waals surface area contributed by atoms with Gasteiger partial charge < -0.3 is 15.0 Å². The molecule has 1 aliphatic heterocycles. The van der Waals surface area contributed by atoms with Gasteiger partial charge in [-0.3, -0.25) is 0 Å². The van der Waals surface area contributed by atoms with Gasteiger partial charge in [-0.15, -0.1) is 0 Å². The number of hydrogen-bond donors (Lipinski definition) is 1. The highest BCUT2D eigenvalue weighted by Crippen LogP contribution is 2.33. The Balaban J connectivity index is 2.06. The van der Waals surface area contributed by atoms with Gasteiger partial charge in [0.05, 0.1) is 6.04 Å². The summed E-state index contributed by atoms with van der Waals surface area (Å²) < 4.78 is 5.52. The van der Waals surface area contributed by atoms with Gasteiger partial charge in [0.1, 0.15) is 11.4 Å². The van der Waals surface area contributed by atoms with Crippen molar-refractivity contribution in [2.24, 2.45) is 0 Å². The lowest BCUT2D eigenvalue weighted by molar-refractivity contribution is 0.0224. The molecule has 1 amide bonds. The van der Waals surface area contributed by atoms with Crippen molar-refractivity contribution in [2.45, 2.75) is 71.6 Å². The summed E-state index contributed by atoms with van der Waals surface area (Å²) in [6.07, 6.45) is 4.65. The lowest BCUT2D eigenvalue weighted by Gasteiger charge is -2.28. The third-order valence-corrected chi connectivity index (χ3v) is 4.06. The molecule has 1 saturated heterocycles. The molecule has 0 aromatic carbocycles. The predicted octanol–water partition coefficient (Wildman–Crippen LogP) is 4.36. The zero-order valence-electron chi connectivity index (χ0n) is 14.9. The largest absolute Gasteiger partial charge is 0.444 e. The van der Waals surface area contributed by atoms with E-state index in [1.54, 1.807) is 0 Å². The molecule has 1 aromatic heterocycles. The van der Waals surface area contributed by atoms with E-state index in [1.807, 2.05) is 37.9 Å². The van der Waals surface area contributed by atoms with E-state index >= 15 is 0 Å². The van der Waals surface area contributed by atoms with Gasteiger partial charge in [-0.05, 0) is 58.6 Å². The first-order valence-electron chi connectivity index (χ1n) is 8.52. The van der Waals surface area contributed by atoms with Crippen LogP contribution in [-0.4, -0.2) is 34.2 Å². The number of nitrogens with zero attached hydrogens (tertiary/aromatic N) is 2. The summed E-state index contributed by atoms with van der Waals surface area (Å²) in [4.78, 5) is 18.7. The van der Waals surface area contributed by atoms with E-state index in [4.69, 9.17) is 4.74 Å². The summed E-state index contributed by atoms with van der Waals surface area (Å²) in [6.45, 7) is 10.7. The number of rotatable bonds is 4. The highest BCUT2D eigenvalue weighted by atomic mass is 16.6. The quantitative estimate of drug-likeness (QED) is 0.895. The minimum Gasteiger partial charge on any atom is -0.444 e. The first-order valence-corrected chi connectivity index (χ1v) is 8.52. The Morgan fingerprint density at radius 2 is 2.22 bits per heavy atom. The van der Waals surface area contributed by atoms with Crippen molar-refractivity contribution in [3.05, 3.63) is 23.9 Å². The second-order valence-corrected chi connectivity index (χ2v) is 7.26. The van der Waals surface area contributed by atoms with Crippen LogP contribution in [0, 0.1) is 0 Å². The number of nitrogens with one attached hydrogen (secondary N) is 1. The van der Waals surface area contributed by atoms with Gasteiger partial charge in [0, 0.05) is 18.8 Å². The molecule has 1 fully saturated rings. The van der Waals surface area contributed by atoms with E-state index in [-0.39, 0.29) is 12.1 Å². The van der Waals surface area contributed by atoms with Crippen molar-refractivity contribution in [2.75, 3.05) is 11.9 Å². The molecule has 1 aliphatic rings. The molecule has 1 aromatic rings. The molecule has 0 radical (unpaired) electrons. The maximum absolute atomic E-state index is 12.4. The Bertz CT molecular complexity index is 522. The number of likely N-dealkylation sites (tertiary alicyclic amines) is 1. The monoisotopic (exact) mass is 319 g/mol. The Morgan fingerprint density at radius 1 is 1.48 bits per heavy atom. The standard InChI is InChI=1S/C18H29N3O2/c1-6-13(2)20-16-10-9-14(12-19-16)15-8-7-11-21(15)17(22)23-18(3,4)5/h9-10,12-13,15H,6-8,11H2,1-5H3,(H,19,20)/t13-,15-/m1/s1. The lowest BCUT2D eigenvalue weighted by atomic mass is 10.1. The average molecular weight is 319 g/mol. The van der Waals surface area contributed by atoms with Crippen LogP contribution in [0.3, 0.4) is 0 Å². The third-order valence-electron chi connectivity index (χ3n) is 4.06. The highest BCUT2D eigenvalue weighted by molar-refractivity contribution is 5.69. The summed E-state index contributed by atoms with van der Waals surface area (Å²) in [5.41, 5.74) is 0.607. The topological polar surface area (TPSA) is 54.5 Å². The summed E-state index contributed by atoms with van der Waals surface area (Å²) in [5.74, 6) is 0.880. The molecule has 0 aliphatic carbocycles. The van der Waals surface area contributed by atoms with Crippen molar-refractivity contribution in [3.8, 4) is 0 Å². The third kappa shape index (κ3) is 4.85. The van der Waals surface area contributed by atoms with Crippen molar-refractivity contribution in [1.82, 2.24) is 9.88 Å². The van der Waals surface area contributed by atoms with Gasteiger partial charge in [-0.2, -0.15) is 0 Å². The van der Waals surface area contributed by atoms with Gasteiger partial charge in [-0.1, -0.05) is 13.0 Å². The van der Waals surface area contributed by atoms with Gasteiger partial charge >= 0.3 is 6.09 Å². The molecule has 128 valence electrons. The van der Waals surface area contributed by atoms with Gasteiger partial charge in [-0.25, -0.2) is 9.78 Å². The molecular weight excluding hydrogens is 290 g/mol. The minimum atomic E-state index is -0.466. The van der Waals surface area contributed by atoms with Crippen LogP contribution in [0.15, 0.2) is 18.3 Å². The molecule has 1 N–H and O–H groups in total. The normalized spacial score (nSPS) is 19.5. The van der Waals surface area contributed by atoms with E-state index in [2.05, 4.69) is 30.2 Å². The Hall–Kier alpha value is -1.78. The number of hydrogen-bond acceptors (Lipinski definition) is 4. The van der Waals surface area contributed by atoms with Crippen molar-refractivity contribution < 1.29 is 9.53 Å². The first-order chi connectivity index (χ1) is 10.8. The number of aromatic nitrogens is 1. The van der Waals surface area contributed by atoms with E-state index in [1.165, 1.54) is 0 Å². The van der Waals surface area contributed by atoms with E-state index < -0.39 is 5.60 Å². The van der Waals surface area contributed by atoms with Gasteiger partial charge in [0.2, 0.25) is 0 Å². The molecular formula is C18H29N3O2. The zero-order valence-corrected chi connectivity index (χ0v) is 14.9. The fraction of sp³-hybridized carbons (Fsp3) is 0.667. The summed E-state index contributed by atoms with van der Waals surface area (Å²) in [5, 5.41) is 3.36. The second kappa shape index (κ2) is 7.20. The van der Waals surface area contributed by atoms with Gasteiger partial charge in [0.25, 0.3) is 0 Å². The van der Waals surface area contributed by atoms with Crippen LogP contribution in [-0.2, 0) is 4.74 Å². The Morgan fingerprint density at radius 3 is 2.78 bits per heavy atom. The number of carbonyl (C=O) groups excluding carboxylic acids is 1. The second-order valence-electron chi connectivity index (χ2n) is 7.26. The van der Waals surface area contributed by atoms with Crippen LogP contribution >= 0.6 is 0 Å². The van der Waals surface area contributed by atoms with Crippen molar-refractivity contribution >= 4 is 11.9 Å². The van der Waals surface area contributed by atoms with Crippen LogP contribution in [0.5, 0.6) is 0 Å². The van der Waals surface area contributed by atoms with E-state index in [9.17, 15) is 4.79 Å². The lowest BCUT2D eigenvalue weighted by Crippen LogP contribution is -2.36. The molecule has 5 nitrogen and oxygen atoms in total. The Labute approximate surface area is 139 Å².